The van der Waals surface area contributed by atoms with Crippen molar-refractivity contribution in [2.45, 2.75) is 61.4 Å². The smallest absolute Gasteiger partial charge is 0.190 e. The third kappa shape index (κ3) is 2.41. The van der Waals surface area contributed by atoms with E-state index in [0.717, 1.165) is 12.5 Å². The number of hydrogen-bond donors (Lipinski definition) is 0. The van der Waals surface area contributed by atoms with Crippen LogP contribution >= 0.6 is 0 Å². The summed E-state index contributed by atoms with van der Waals surface area (Å²) < 4.78 is 5.83. The third-order valence-electron chi connectivity index (χ3n) is 4.06. The lowest BCUT2D eigenvalue weighted by Crippen LogP contribution is -2.37. The maximum Gasteiger partial charge on any atom is 0.190 e. The van der Waals surface area contributed by atoms with Gasteiger partial charge in [0.05, 0.1) is 6.04 Å². The highest BCUT2D eigenvalue weighted by Gasteiger charge is 2.43. The van der Waals surface area contributed by atoms with Crippen molar-refractivity contribution in [3.8, 4) is 0 Å². The van der Waals surface area contributed by atoms with Gasteiger partial charge in [0.25, 0.3) is 0 Å². The summed E-state index contributed by atoms with van der Waals surface area (Å²) in [6, 6.07) is 0.295. The zero-order chi connectivity index (χ0) is 12.8. The average Bonchev–Trinajstić information content (AvgIpc) is 2.47. The largest absolute Gasteiger partial charge is 0.478 e. The number of nitrogens with zero attached hydrogens (tertiary/aromatic N) is 1. The Morgan fingerprint density at radius 3 is 1.81 bits per heavy atom. The normalized spacial score (nSPS) is 23.0. The standard InChI is InChI=1S/C14H27NO/c1-12(2,3)10-9-16-11(15-10)14(7,8)13(4,5)6/h10H,9H2,1-8H3/t10-/m0/s1. The van der Waals surface area contributed by atoms with Gasteiger partial charge in [-0.25, -0.2) is 4.99 Å². The predicted octanol–water partition coefficient (Wildman–Crippen LogP) is 3.90. The molecule has 0 aromatic carbocycles. The van der Waals surface area contributed by atoms with E-state index in [9.17, 15) is 0 Å². The van der Waals surface area contributed by atoms with E-state index in [1.807, 2.05) is 0 Å². The second-order valence-corrected chi connectivity index (χ2v) is 7.50. The molecule has 0 amide bonds. The maximum absolute atomic E-state index is 5.83. The van der Waals surface area contributed by atoms with Crippen molar-refractivity contribution in [2.75, 3.05) is 6.61 Å². The molecule has 0 fully saturated rings. The maximum atomic E-state index is 5.83. The average molecular weight is 225 g/mol. The molecule has 16 heavy (non-hydrogen) atoms. The van der Waals surface area contributed by atoms with Crippen LogP contribution < -0.4 is 0 Å². The molecule has 2 nitrogen and oxygen atoms in total. The summed E-state index contributed by atoms with van der Waals surface area (Å²) in [5.41, 5.74) is 0.349. The number of aliphatic imine (C=N–C) groups is 1. The molecule has 0 N–H and O–H groups in total. The van der Waals surface area contributed by atoms with E-state index < -0.39 is 0 Å². The van der Waals surface area contributed by atoms with Crippen molar-refractivity contribution in [2.24, 2.45) is 21.2 Å². The molecule has 0 bridgehead atoms. The molecule has 1 aliphatic rings. The summed E-state index contributed by atoms with van der Waals surface area (Å²) in [6.07, 6.45) is 0. The molecular formula is C14H27NO. The van der Waals surface area contributed by atoms with Crippen molar-refractivity contribution in [1.82, 2.24) is 0 Å². The Hall–Kier alpha value is -0.530. The first kappa shape index (κ1) is 13.5. The van der Waals surface area contributed by atoms with Crippen LogP contribution in [-0.4, -0.2) is 18.5 Å². The van der Waals surface area contributed by atoms with Crippen LogP contribution in [0, 0.1) is 16.2 Å². The van der Waals surface area contributed by atoms with E-state index in [1.54, 1.807) is 0 Å². The van der Waals surface area contributed by atoms with Crippen LogP contribution in [0.25, 0.3) is 0 Å². The lowest BCUT2D eigenvalue weighted by molar-refractivity contribution is 0.161. The molecule has 94 valence electrons. The first-order valence-electron chi connectivity index (χ1n) is 6.17. The van der Waals surface area contributed by atoms with Crippen LogP contribution in [0.3, 0.4) is 0 Å². The van der Waals surface area contributed by atoms with Gasteiger partial charge in [-0.3, -0.25) is 0 Å². The highest BCUT2D eigenvalue weighted by Crippen LogP contribution is 2.42. The van der Waals surface area contributed by atoms with Gasteiger partial charge >= 0.3 is 0 Å². The summed E-state index contributed by atoms with van der Waals surface area (Å²) in [6.45, 7) is 18.6. The predicted molar refractivity (Wildman–Crippen MR) is 69.9 cm³/mol. The Bertz CT molecular complexity index is 289. The Morgan fingerprint density at radius 1 is 1.00 bits per heavy atom. The van der Waals surface area contributed by atoms with E-state index in [4.69, 9.17) is 9.73 Å². The molecule has 0 aromatic heterocycles. The van der Waals surface area contributed by atoms with Crippen molar-refractivity contribution >= 4 is 5.90 Å². The summed E-state index contributed by atoms with van der Waals surface area (Å²) >= 11 is 0. The monoisotopic (exact) mass is 225 g/mol. The van der Waals surface area contributed by atoms with Gasteiger partial charge in [0.2, 0.25) is 0 Å². The van der Waals surface area contributed by atoms with Crippen molar-refractivity contribution in [3.05, 3.63) is 0 Å². The fourth-order valence-electron chi connectivity index (χ4n) is 1.48. The van der Waals surface area contributed by atoms with Gasteiger partial charge in [-0.1, -0.05) is 55.4 Å². The minimum absolute atomic E-state index is 0.00694. The number of rotatable bonds is 1. The SMILES string of the molecule is CC(C)(C)[C@@H]1COC(C(C)(C)C(C)(C)C)=N1. The molecule has 0 spiro atoms. The molecule has 1 aliphatic heterocycles. The lowest BCUT2D eigenvalue weighted by Gasteiger charge is -2.37. The summed E-state index contributed by atoms with van der Waals surface area (Å²) in [5, 5.41) is 0. The molecule has 1 heterocycles. The Kier molecular flexibility index (Phi) is 3.17. The molecule has 1 rings (SSSR count). The van der Waals surface area contributed by atoms with E-state index in [1.165, 1.54) is 0 Å². The van der Waals surface area contributed by atoms with E-state index >= 15 is 0 Å². The fraction of sp³-hybridized carbons (Fsp3) is 0.929. The van der Waals surface area contributed by atoms with E-state index in [0.29, 0.717) is 6.04 Å². The zero-order valence-electron chi connectivity index (χ0n) is 12.1. The van der Waals surface area contributed by atoms with Gasteiger partial charge in [0, 0.05) is 5.41 Å². The van der Waals surface area contributed by atoms with Crippen LogP contribution in [0.2, 0.25) is 0 Å². The van der Waals surface area contributed by atoms with Crippen LogP contribution in [0.5, 0.6) is 0 Å². The van der Waals surface area contributed by atoms with Crippen molar-refractivity contribution in [3.63, 3.8) is 0 Å². The second kappa shape index (κ2) is 3.75. The number of ether oxygens (including phenoxy) is 1. The minimum atomic E-state index is -0.00694. The summed E-state index contributed by atoms with van der Waals surface area (Å²) in [7, 11) is 0. The molecule has 0 saturated heterocycles. The molecule has 0 aromatic rings. The van der Waals surface area contributed by atoms with E-state index in [2.05, 4.69) is 55.4 Å². The zero-order valence-corrected chi connectivity index (χ0v) is 12.1. The summed E-state index contributed by atoms with van der Waals surface area (Å²) in [4.78, 5) is 4.79. The highest BCUT2D eigenvalue weighted by molar-refractivity contribution is 5.84. The molecule has 0 radical (unpaired) electrons. The van der Waals surface area contributed by atoms with Gasteiger partial charge in [0.15, 0.2) is 5.90 Å². The Morgan fingerprint density at radius 2 is 1.50 bits per heavy atom. The lowest BCUT2D eigenvalue weighted by atomic mass is 9.69. The molecule has 1 atom stereocenters. The highest BCUT2D eigenvalue weighted by atomic mass is 16.5. The van der Waals surface area contributed by atoms with Gasteiger partial charge in [0.1, 0.15) is 6.61 Å². The van der Waals surface area contributed by atoms with Gasteiger partial charge in [-0.05, 0) is 10.8 Å². The Balaban J connectivity index is 2.93. The van der Waals surface area contributed by atoms with Crippen LogP contribution in [-0.2, 0) is 4.74 Å². The van der Waals surface area contributed by atoms with Crippen molar-refractivity contribution in [1.29, 1.82) is 0 Å². The van der Waals surface area contributed by atoms with Crippen molar-refractivity contribution < 1.29 is 4.74 Å². The third-order valence-corrected chi connectivity index (χ3v) is 4.06. The Labute approximate surface area is 100 Å². The molecule has 0 saturated carbocycles. The fourth-order valence-corrected chi connectivity index (χ4v) is 1.48. The summed E-state index contributed by atoms with van der Waals surface area (Å²) in [5.74, 6) is 0.930. The first-order valence-corrected chi connectivity index (χ1v) is 6.17. The molecule has 0 unspecified atom stereocenters. The van der Waals surface area contributed by atoms with Crippen LogP contribution in [0.1, 0.15) is 55.4 Å². The van der Waals surface area contributed by atoms with Gasteiger partial charge in [-0.2, -0.15) is 0 Å². The van der Waals surface area contributed by atoms with E-state index in [-0.39, 0.29) is 16.2 Å². The van der Waals surface area contributed by atoms with Crippen LogP contribution in [0.15, 0.2) is 4.99 Å². The van der Waals surface area contributed by atoms with Gasteiger partial charge in [-0.15, -0.1) is 0 Å². The minimum Gasteiger partial charge on any atom is -0.478 e. The van der Waals surface area contributed by atoms with Gasteiger partial charge < -0.3 is 4.74 Å². The quantitative estimate of drug-likeness (QED) is 0.663. The van der Waals surface area contributed by atoms with Crippen LogP contribution in [0.4, 0.5) is 0 Å². The molecular weight excluding hydrogens is 198 g/mol. The first-order chi connectivity index (χ1) is 6.96. The number of hydrogen-bond acceptors (Lipinski definition) is 2. The molecule has 2 heteroatoms. The second-order valence-electron chi connectivity index (χ2n) is 7.50. The molecule has 0 aliphatic carbocycles. The topological polar surface area (TPSA) is 21.6 Å².